The Hall–Kier alpha value is -3.41. The summed E-state index contributed by atoms with van der Waals surface area (Å²) in [5.41, 5.74) is 0.541. The molecule has 2 aliphatic rings. The lowest BCUT2D eigenvalue weighted by molar-refractivity contribution is -0.0468. The van der Waals surface area contributed by atoms with Crippen LogP contribution in [-0.4, -0.2) is 105 Å². The summed E-state index contributed by atoms with van der Waals surface area (Å²) in [7, 11) is -4.62. The van der Waals surface area contributed by atoms with Gasteiger partial charge in [0.05, 0.1) is 18.5 Å². The van der Waals surface area contributed by atoms with Gasteiger partial charge in [-0.2, -0.15) is 8.42 Å². The van der Waals surface area contributed by atoms with Gasteiger partial charge in [0.25, 0.3) is 5.91 Å². The van der Waals surface area contributed by atoms with E-state index in [0.29, 0.717) is 23.0 Å². The number of imidazole rings is 1. The number of para-hydroxylation sites is 1. The number of phenolic OH excluding ortho intramolecular Hbond substituents is 1. The highest BCUT2D eigenvalue weighted by Crippen LogP contribution is 2.33. The molecule has 3 heterocycles. The molecule has 0 radical (unpaired) electrons. The van der Waals surface area contributed by atoms with Crippen molar-refractivity contribution < 1.29 is 37.5 Å². The van der Waals surface area contributed by atoms with Gasteiger partial charge >= 0.3 is 10.3 Å². The first-order valence-electron chi connectivity index (χ1n) is 13.8. The van der Waals surface area contributed by atoms with Gasteiger partial charge in [-0.25, -0.2) is 19.7 Å². The van der Waals surface area contributed by atoms with E-state index in [1.54, 1.807) is 4.72 Å². The molecule has 2 aromatic heterocycles. The number of carbonyl (C=O) groups excluding carboxylic acids is 1. The Kier molecular flexibility index (Phi) is 10.3. The number of hydrogen-bond acceptors (Lipinski definition) is 13. The first kappa shape index (κ1) is 31.5. The highest BCUT2D eigenvalue weighted by atomic mass is 32.2. The molecule has 42 heavy (non-hydrogen) atoms. The summed E-state index contributed by atoms with van der Waals surface area (Å²) < 4.78 is 38.0. The number of fused-ring (bicyclic) bond motifs is 1. The number of aliphatic hydroxyl groups is 2. The van der Waals surface area contributed by atoms with E-state index in [4.69, 9.17) is 8.92 Å². The van der Waals surface area contributed by atoms with Crippen molar-refractivity contribution in [3.63, 3.8) is 0 Å². The number of hydrogen-bond donors (Lipinski definition) is 5. The van der Waals surface area contributed by atoms with E-state index in [2.05, 4.69) is 45.9 Å². The SMILES string of the molecule is CCN(CC)CC.O=C(NS(=O)(=O)OC[C@H]1O[C@@H](n2cnc3c(NC4CC4)ncnc32)[C@H](O)[C@@H]1O)c1ccccc1O. The van der Waals surface area contributed by atoms with Crippen molar-refractivity contribution in [3.05, 3.63) is 42.5 Å². The topological polar surface area (TPSA) is 201 Å². The lowest BCUT2D eigenvalue weighted by Gasteiger charge is -2.16. The molecule has 3 aromatic rings. The van der Waals surface area contributed by atoms with Crippen LogP contribution in [0.15, 0.2) is 36.9 Å². The molecule has 4 atom stereocenters. The van der Waals surface area contributed by atoms with E-state index >= 15 is 0 Å². The summed E-state index contributed by atoms with van der Waals surface area (Å²) in [4.78, 5) is 27.2. The Balaban J connectivity index is 0.000000517. The first-order valence-corrected chi connectivity index (χ1v) is 15.2. The van der Waals surface area contributed by atoms with Crippen molar-refractivity contribution in [2.45, 2.75) is 64.2 Å². The number of rotatable bonds is 11. The predicted octanol–water partition coefficient (Wildman–Crippen LogP) is 0.765. The van der Waals surface area contributed by atoms with Crippen LogP contribution < -0.4 is 10.0 Å². The van der Waals surface area contributed by atoms with Crippen LogP contribution in [0.25, 0.3) is 11.2 Å². The minimum absolute atomic E-state index is 0.267. The molecule has 1 aromatic carbocycles. The molecule has 230 valence electrons. The van der Waals surface area contributed by atoms with Crippen LogP contribution in [0.1, 0.15) is 50.2 Å². The maximum Gasteiger partial charge on any atom is 0.362 e. The molecule has 5 N–H and O–H groups in total. The Bertz CT molecular complexity index is 1460. The zero-order valence-electron chi connectivity index (χ0n) is 23.6. The molecule has 0 bridgehead atoms. The number of benzene rings is 1. The highest BCUT2D eigenvalue weighted by Gasteiger charge is 2.45. The molecule has 1 saturated heterocycles. The number of phenols is 1. The molecular weight excluding hydrogens is 570 g/mol. The van der Waals surface area contributed by atoms with Gasteiger partial charge in [-0.15, -0.1) is 0 Å². The summed E-state index contributed by atoms with van der Waals surface area (Å²) in [5.74, 6) is -0.975. The normalized spacial score (nSPS) is 22.1. The number of aliphatic hydroxyl groups excluding tert-OH is 2. The maximum atomic E-state index is 12.2. The molecule has 16 heteroatoms. The van der Waals surface area contributed by atoms with Gasteiger partial charge in [-0.3, -0.25) is 13.5 Å². The van der Waals surface area contributed by atoms with Crippen LogP contribution >= 0.6 is 0 Å². The quantitative estimate of drug-likeness (QED) is 0.205. The van der Waals surface area contributed by atoms with Crippen LogP contribution in [-0.2, 0) is 19.2 Å². The minimum Gasteiger partial charge on any atom is -0.507 e. The van der Waals surface area contributed by atoms with Crippen molar-refractivity contribution in [1.29, 1.82) is 0 Å². The molecular formula is C26H37N7O8S. The number of amides is 1. The first-order chi connectivity index (χ1) is 20.1. The van der Waals surface area contributed by atoms with Gasteiger partial charge in [0.15, 0.2) is 23.2 Å². The fourth-order valence-corrected chi connectivity index (χ4v) is 5.06. The maximum absolute atomic E-state index is 12.2. The monoisotopic (exact) mass is 607 g/mol. The fourth-order valence-electron chi connectivity index (χ4n) is 4.35. The lowest BCUT2D eigenvalue weighted by atomic mass is 10.1. The van der Waals surface area contributed by atoms with Crippen molar-refractivity contribution >= 4 is 33.2 Å². The molecule has 0 spiro atoms. The smallest absolute Gasteiger partial charge is 0.362 e. The molecule has 1 amide bonds. The summed E-state index contributed by atoms with van der Waals surface area (Å²) in [6.45, 7) is 9.42. The van der Waals surface area contributed by atoms with E-state index in [1.165, 1.54) is 61.1 Å². The summed E-state index contributed by atoms with van der Waals surface area (Å²) in [5, 5.41) is 33.9. The Morgan fingerprint density at radius 3 is 2.40 bits per heavy atom. The molecule has 2 fully saturated rings. The molecule has 15 nitrogen and oxygen atoms in total. The number of nitrogens with zero attached hydrogens (tertiary/aromatic N) is 5. The average molecular weight is 608 g/mol. The Morgan fingerprint density at radius 2 is 1.79 bits per heavy atom. The number of aromatic nitrogens is 4. The van der Waals surface area contributed by atoms with Gasteiger partial charge < -0.3 is 30.3 Å². The minimum atomic E-state index is -4.62. The van der Waals surface area contributed by atoms with Crippen molar-refractivity contribution in [2.75, 3.05) is 31.6 Å². The second-order valence-electron chi connectivity index (χ2n) is 9.82. The van der Waals surface area contributed by atoms with E-state index in [0.717, 1.165) is 12.8 Å². The number of carbonyl (C=O) groups is 1. The van der Waals surface area contributed by atoms with Gasteiger partial charge in [0, 0.05) is 6.04 Å². The van der Waals surface area contributed by atoms with Crippen LogP contribution in [0.5, 0.6) is 5.75 Å². The van der Waals surface area contributed by atoms with Crippen LogP contribution in [0, 0.1) is 0 Å². The number of nitrogens with one attached hydrogen (secondary N) is 2. The van der Waals surface area contributed by atoms with Gasteiger partial charge in [-0.05, 0) is 44.6 Å². The molecule has 5 rings (SSSR count). The third-order valence-corrected chi connectivity index (χ3v) is 7.87. The molecule has 1 saturated carbocycles. The second-order valence-corrected chi connectivity index (χ2v) is 11.2. The van der Waals surface area contributed by atoms with Gasteiger partial charge in [0.1, 0.15) is 30.4 Å². The van der Waals surface area contributed by atoms with Crippen LogP contribution in [0.3, 0.4) is 0 Å². The third-order valence-electron chi connectivity index (χ3n) is 6.98. The van der Waals surface area contributed by atoms with Crippen molar-refractivity contribution in [1.82, 2.24) is 29.1 Å². The average Bonchev–Trinajstić information content (AvgIpc) is 3.61. The largest absolute Gasteiger partial charge is 0.507 e. The number of ether oxygens (including phenoxy) is 1. The summed E-state index contributed by atoms with van der Waals surface area (Å²) >= 11 is 0. The predicted molar refractivity (Wildman–Crippen MR) is 152 cm³/mol. The zero-order chi connectivity index (χ0) is 30.4. The number of aromatic hydroxyl groups is 1. The summed E-state index contributed by atoms with van der Waals surface area (Å²) in [6.07, 6.45) is -0.572. The standard InChI is InChI=1S/C20H22N6O8S.C6H15N/c27-12-4-2-1-3-11(12)19(30)25-35(31,32)33-7-13-15(28)16(29)20(34-13)26-9-23-14-17(24-10-5-6-10)21-8-22-18(14)26;1-4-7(5-2)6-3/h1-4,8-10,13,15-16,20,27-29H,5-7H2,(H,25,30)(H,21,22,24);4-6H2,1-3H3/t13-,15-,16-,20-;/m1./s1. The van der Waals surface area contributed by atoms with E-state index < -0.39 is 53.1 Å². The van der Waals surface area contributed by atoms with Crippen molar-refractivity contribution in [3.8, 4) is 5.75 Å². The Morgan fingerprint density at radius 1 is 1.10 bits per heavy atom. The van der Waals surface area contributed by atoms with E-state index in [1.807, 2.05) is 0 Å². The van der Waals surface area contributed by atoms with E-state index in [-0.39, 0.29) is 5.56 Å². The lowest BCUT2D eigenvalue weighted by Crippen LogP contribution is -2.37. The van der Waals surface area contributed by atoms with E-state index in [9.17, 15) is 28.5 Å². The summed E-state index contributed by atoms with van der Waals surface area (Å²) in [6, 6.07) is 5.69. The zero-order valence-corrected chi connectivity index (χ0v) is 24.4. The van der Waals surface area contributed by atoms with Crippen LogP contribution in [0.4, 0.5) is 5.82 Å². The Labute approximate surface area is 243 Å². The van der Waals surface area contributed by atoms with Crippen LogP contribution in [0.2, 0.25) is 0 Å². The molecule has 0 unspecified atom stereocenters. The van der Waals surface area contributed by atoms with Crippen molar-refractivity contribution in [2.24, 2.45) is 0 Å². The molecule has 1 aliphatic carbocycles. The van der Waals surface area contributed by atoms with Gasteiger partial charge in [-0.1, -0.05) is 32.9 Å². The second kappa shape index (κ2) is 13.7. The third kappa shape index (κ3) is 7.50. The fraction of sp³-hybridized carbons (Fsp3) is 0.538. The van der Waals surface area contributed by atoms with Gasteiger partial charge in [0.2, 0.25) is 0 Å². The number of anilines is 1. The molecule has 1 aliphatic heterocycles. The highest BCUT2D eigenvalue weighted by molar-refractivity contribution is 7.85.